The van der Waals surface area contributed by atoms with Gasteiger partial charge in [-0.2, -0.15) is 9.40 Å². The molecule has 0 spiro atoms. The summed E-state index contributed by atoms with van der Waals surface area (Å²) in [6.07, 6.45) is 6.33. The van der Waals surface area contributed by atoms with Gasteiger partial charge in [0.2, 0.25) is 10.0 Å². The normalized spacial score (nSPS) is 22.3. The molecule has 6 rings (SSSR count). The van der Waals surface area contributed by atoms with Crippen LogP contribution in [-0.2, 0) is 22.9 Å². The van der Waals surface area contributed by atoms with E-state index in [1.165, 1.54) is 11.1 Å². The summed E-state index contributed by atoms with van der Waals surface area (Å²) in [6.45, 7) is 2.25. The Labute approximate surface area is 200 Å². The van der Waals surface area contributed by atoms with Crippen LogP contribution in [0.5, 0.6) is 5.75 Å². The van der Waals surface area contributed by atoms with Crippen LogP contribution in [0.1, 0.15) is 23.2 Å². The first-order valence-electron chi connectivity index (χ1n) is 11.7. The van der Waals surface area contributed by atoms with Gasteiger partial charge in [-0.3, -0.25) is 5.10 Å². The molecule has 0 saturated carbocycles. The van der Waals surface area contributed by atoms with Crippen LogP contribution in [0.4, 0.5) is 5.69 Å². The SMILES string of the molecule is CN1CCOc2cc(S(=O)(=O)N3CCC4=Cc5[nH]ncc5CC4(Cc4ccccc4)C3)ccc21. The topological polar surface area (TPSA) is 78.5 Å². The van der Waals surface area contributed by atoms with Crippen LogP contribution in [0.3, 0.4) is 0 Å². The number of hydrogen-bond donors (Lipinski definition) is 1. The Morgan fingerprint density at radius 3 is 2.85 bits per heavy atom. The van der Waals surface area contributed by atoms with Crippen molar-refractivity contribution >= 4 is 21.8 Å². The number of hydrogen-bond acceptors (Lipinski definition) is 5. The van der Waals surface area contributed by atoms with E-state index < -0.39 is 10.0 Å². The molecular formula is C26H28N4O3S. The molecule has 1 N–H and O–H groups in total. The Morgan fingerprint density at radius 2 is 2.00 bits per heavy atom. The van der Waals surface area contributed by atoms with Gasteiger partial charge >= 0.3 is 0 Å². The van der Waals surface area contributed by atoms with E-state index in [0.29, 0.717) is 36.8 Å². The van der Waals surface area contributed by atoms with Crippen LogP contribution in [0.2, 0.25) is 0 Å². The maximum absolute atomic E-state index is 13.8. The number of nitrogens with one attached hydrogen (secondary N) is 1. The molecule has 3 aromatic rings. The molecule has 8 heteroatoms. The molecule has 0 radical (unpaired) electrons. The van der Waals surface area contributed by atoms with Crippen LogP contribution in [0, 0.1) is 5.41 Å². The van der Waals surface area contributed by atoms with Crippen LogP contribution >= 0.6 is 0 Å². The summed E-state index contributed by atoms with van der Waals surface area (Å²) in [5.74, 6) is 0.632. The lowest BCUT2D eigenvalue weighted by molar-refractivity contribution is 0.209. The summed E-state index contributed by atoms with van der Waals surface area (Å²) in [7, 11) is -1.68. The molecule has 1 saturated heterocycles. The second kappa shape index (κ2) is 7.99. The number of benzene rings is 2. The Bertz CT molecular complexity index is 1370. The minimum atomic E-state index is -3.67. The first-order chi connectivity index (χ1) is 16.4. The molecule has 0 bridgehead atoms. The lowest BCUT2D eigenvalue weighted by atomic mass is 9.66. The number of aromatic nitrogens is 2. The van der Waals surface area contributed by atoms with Crippen molar-refractivity contribution in [2.45, 2.75) is 24.2 Å². The van der Waals surface area contributed by atoms with Gasteiger partial charge in [0, 0.05) is 31.6 Å². The minimum absolute atomic E-state index is 0.295. The van der Waals surface area contributed by atoms with Gasteiger partial charge in [-0.05, 0) is 48.6 Å². The van der Waals surface area contributed by atoms with E-state index in [4.69, 9.17) is 4.74 Å². The van der Waals surface area contributed by atoms with Crippen molar-refractivity contribution in [3.05, 3.63) is 77.1 Å². The van der Waals surface area contributed by atoms with Gasteiger partial charge in [0.1, 0.15) is 12.4 Å². The smallest absolute Gasteiger partial charge is 0.243 e. The van der Waals surface area contributed by atoms with E-state index in [1.807, 2.05) is 37.5 Å². The zero-order chi connectivity index (χ0) is 23.3. The van der Waals surface area contributed by atoms with Gasteiger partial charge in [0.25, 0.3) is 0 Å². The van der Waals surface area contributed by atoms with Gasteiger partial charge in [-0.25, -0.2) is 8.42 Å². The zero-order valence-corrected chi connectivity index (χ0v) is 20.0. The minimum Gasteiger partial charge on any atom is -0.490 e. The molecule has 3 heterocycles. The Balaban J connectivity index is 1.37. The molecule has 176 valence electrons. The number of ether oxygens (including phenoxy) is 1. The Kier molecular flexibility index (Phi) is 5.04. The number of rotatable bonds is 4. The fourth-order valence-corrected chi connectivity index (χ4v) is 7.16. The average Bonchev–Trinajstić information content (AvgIpc) is 3.29. The first-order valence-corrected chi connectivity index (χ1v) is 13.1. The molecule has 2 aromatic carbocycles. The predicted molar refractivity (Wildman–Crippen MR) is 131 cm³/mol. The first kappa shape index (κ1) is 21.4. The van der Waals surface area contributed by atoms with Crippen molar-refractivity contribution in [3.63, 3.8) is 0 Å². The average molecular weight is 477 g/mol. The molecule has 0 amide bonds. The van der Waals surface area contributed by atoms with Crippen LogP contribution in [0.15, 0.2) is 65.2 Å². The summed E-state index contributed by atoms with van der Waals surface area (Å²) in [5.41, 5.74) is 5.33. The third-order valence-corrected chi connectivity index (χ3v) is 9.28. The van der Waals surface area contributed by atoms with Gasteiger partial charge in [-0.15, -0.1) is 0 Å². The molecule has 34 heavy (non-hydrogen) atoms. The molecule has 1 fully saturated rings. The van der Waals surface area contributed by atoms with E-state index >= 15 is 0 Å². The lowest BCUT2D eigenvalue weighted by Crippen LogP contribution is -2.50. The number of anilines is 1. The van der Waals surface area contributed by atoms with E-state index in [-0.39, 0.29) is 5.41 Å². The van der Waals surface area contributed by atoms with Crippen molar-refractivity contribution in [1.82, 2.24) is 14.5 Å². The van der Waals surface area contributed by atoms with E-state index in [1.54, 1.807) is 16.4 Å². The molecule has 3 aliphatic rings. The van der Waals surface area contributed by atoms with Crippen LogP contribution in [0.25, 0.3) is 6.08 Å². The summed E-state index contributed by atoms with van der Waals surface area (Å²) in [4.78, 5) is 2.38. The maximum atomic E-state index is 13.8. The number of nitrogens with zero attached hydrogens (tertiary/aromatic N) is 3. The molecule has 7 nitrogen and oxygen atoms in total. The molecule has 1 unspecified atom stereocenters. The van der Waals surface area contributed by atoms with Crippen molar-refractivity contribution in [2.75, 3.05) is 38.2 Å². The quantitative estimate of drug-likeness (QED) is 0.624. The highest BCUT2D eigenvalue weighted by Crippen LogP contribution is 2.47. The number of piperidine rings is 1. The highest BCUT2D eigenvalue weighted by atomic mass is 32.2. The van der Waals surface area contributed by atoms with Gasteiger partial charge in [-0.1, -0.05) is 35.9 Å². The van der Waals surface area contributed by atoms with Crippen molar-refractivity contribution < 1.29 is 13.2 Å². The number of likely N-dealkylation sites (N-methyl/N-ethyl adjacent to an activating group) is 1. The van der Waals surface area contributed by atoms with Gasteiger partial charge < -0.3 is 9.64 Å². The molecule has 1 aliphatic carbocycles. The highest BCUT2D eigenvalue weighted by molar-refractivity contribution is 7.89. The third-order valence-electron chi connectivity index (χ3n) is 7.44. The molecule has 1 atom stereocenters. The predicted octanol–water partition coefficient (Wildman–Crippen LogP) is 3.50. The van der Waals surface area contributed by atoms with E-state index in [2.05, 4.69) is 33.3 Å². The largest absolute Gasteiger partial charge is 0.490 e. The number of aromatic amines is 1. The standard InChI is InChI=1S/C26H28N4O3S/c1-29-11-12-33-25-14-22(7-8-24(25)29)34(31,32)30-10-9-21-13-23-20(17-27-28-23)16-26(21,18-30)15-19-5-3-2-4-6-19/h2-8,13-14,17H,9-12,15-16,18H2,1H3,(H,27,28). The van der Waals surface area contributed by atoms with Crippen molar-refractivity contribution in [1.29, 1.82) is 0 Å². The lowest BCUT2D eigenvalue weighted by Gasteiger charge is -2.46. The van der Waals surface area contributed by atoms with Crippen molar-refractivity contribution in [3.8, 4) is 5.75 Å². The highest BCUT2D eigenvalue weighted by Gasteiger charge is 2.45. The molecular weight excluding hydrogens is 448 g/mol. The fourth-order valence-electron chi connectivity index (χ4n) is 5.62. The summed E-state index contributed by atoms with van der Waals surface area (Å²) in [6, 6.07) is 15.6. The molecule has 1 aromatic heterocycles. The van der Waals surface area contributed by atoms with Gasteiger partial charge in [0.15, 0.2) is 0 Å². The van der Waals surface area contributed by atoms with E-state index in [9.17, 15) is 8.42 Å². The summed E-state index contributed by atoms with van der Waals surface area (Å²) < 4.78 is 35.1. The number of fused-ring (bicyclic) bond motifs is 3. The number of H-pyrrole nitrogens is 1. The Hall–Kier alpha value is -3.10. The summed E-state index contributed by atoms with van der Waals surface area (Å²) in [5, 5.41) is 7.34. The van der Waals surface area contributed by atoms with Crippen LogP contribution in [-0.4, -0.2) is 56.2 Å². The summed E-state index contributed by atoms with van der Waals surface area (Å²) >= 11 is 0. The maximum Gasteiger partial charge on any atom is 0.243 e. The monoisotopic (exact) mass is 476 g/mol. The van der Waals surface area contributed by atoms with Crippen LogP contribution < -0.4 is 9.64 Å². The second-order valence-corrected chi connectivity index (χ2v) is 11.5. The number of sulfonamides is 1. The van der Waals surface area contributed by atoms with Gasteiger partial charge in [0.05, 0.1) is 29.0 Å². The fraction of sp³-hybridized carbons (Fsp3) is 0.346. The third kappa shape index (κ3) is 3.52. The zero-order valence-electron chi connectivity index (χ0n) is 19.2. The van der Waals surface area contributed by atoms with Crippen molar-refractivity contribution in [2.24, 2.45) is 5.41 Å². The van der Waals surface area contributed by atoms with E-state index in [0.717, 1.165) is 36.3 Å². The Morgan fingerprint density at radius 1 is 1.15 bits per heavy atom. The second-order valence-electron chi connectivity index (χ2n) is 9.59. The molecule has 2 aliphatic heterocycles.